The molecule has 3 rings (SSSR count). The molecule has 1 aliphatic heterocycles. The summed E-state index contributed by atoms with van der Waals surface area (Å²) in [6, 6.07) is 12.3. The third-order valence-electron chi connectivity index (χ3n) is 4.92. The molecule has 2 aromatic carbocycles. The molecular weight excluding hydrogens is 364 g/mol. The zero-order chi connectivity index (χ0) is 20.3. The van der Waals surface area contributed by atoms with Gasteiger partial charge in [-0.2, -0.15) is 0 Å². The number of amides is 1. The van der Waals surface area contributed by atoms with Gasteiger partial charge in [-0.1, -0.05) is 36.4 Å². The van der Waals surface area contributed by atoms with Crippen molar-refractivity contribution < 1.29 is 28.8 Å². The highest BCUT2D eigenvalue weighted by molar-refractivity contribution is 6.58. The summed E-state index contributed by atoms with van der Waals surface area (Å²) in [6.07, 6.45) is 0.350. The molecule has 0 saturated carbocycles. The van der Waals surface area contributed by atoms with Crippen LogP contribution in [0.5, 0.6) is 0 Å². The number of benzene rings is 2. The number of nitrogens with one attached hydrogen (secondary N) is 1. The second-order valence-corrected chi connectivity index (χ2v) is 6.86. The lowest BCUT2D eigenvalue weighted by molar-refractivity contribution is -0.147. The van der Waals surface area contributed by atoms with Crippen LogP contribution < -0.4 is 10.8 Å². The van der Waals surface area contributed by atoms with Crippen LogP contribution in [0, 0.1) is 11.7 Å². The van der Waals surface area contributed by atoms with Gasteiger partial charge in [0.25, 0.3) is 0 Å². The molecule has 0 aliphatic carbocycles. The monoisotopic (exact) mass is 385 g/mol. The standard InChI is InChI=1S/C20H21BFNO5/c1-12(24)28-18(13-4-8-16(22)9-5-13)11-10-17-19(23-20(17)25)14-2-6-15(7-3-14)21(26)27/h2-9,17-19,26-27H,10-11H2,1H3,(H,23,25)/t17-,18?,19-/m1/s1. The highest BCUT2D eigenvalue weighted by Gasteiger charge is 2.40. The van der Waals surface area contributed by atoms with Crippen molar-refractivity contribution in [2.24, 2.45) is 5.92 Å². The Kier molecular flexibility index (Phi) is 6.11. The van der Waals surface area contributed by atoms with Gasteiger partial charge in [-0.3, -0.25) is 9.59 Å². The molecule has 0 bridgehead atoms. The fourth-order valence-electron chi connectivity index (χ4n) is 3.41. The molecule has 3 atom stereocenters. The summed E-state index contributed by atoms with van der Waals surface area (Å²) in [4.78, 5) is 23.5. The number of hydrogen-bond acceptors (Lipinski definition) is 5. The van der Waals surface area contributed by atoms with Crippen molar-refractivity contribution in [2.45, 2.75) is 31.9 Å². The smallest absolute Gasteiger partial charge is 0.458 e. The minimum Gasteiger partial charge on any atom is -0.458 e. The predicted octanol–water partition coefficient (Wildman–Crippen LogP) is 1.38. The summed E-state index contributed by atoms with van der Waals surface area (Å²) in [6.45, 7) is 1.31. The molecule has 6 nitrogen and oxygen atoms in total. The van der Waals surface area contributed by atoms with Gasteiger partial charge in [0.05, 0.1) is 12.0 Å². The molecule has 8 heteroatoms. The van der Waals surface area contributed by atoms with Crippen LogP contribution in [0.2, 0.25) is 0 Å². The minimum atomic E-state index is -1.54. The number of β-lactam (4-membered cyclic amide) rings is 1. The summed E-state index contributed by atoms with van der Waals surface area (Å²) >= 11 is 0. The number of ether oxygens (including phenoxy) is 1. The Labute approximate surface area is 162 Å². The van der Waals surface area contributed by atoms with Gasteiger partial charge in [0, 0.05) is 6.92 Å². The van der Waals surface area contributed by atoms with E-state index in [-0.39, 0.29) is 23.7 Å². The molecular formula is C20H21BFNO5. The molecule has 28 heavy (non-hydrogen) atoms. The van der Waals surface area contributed by atoms with Crippen molar-refractivity contribution >= 4 is 24.5 Å². The number of carbonyl (C=O) groups is 2. The Bertz CT molecular complexity index is 841. The maximum atomic E-state index is 13.2. The molecule has 1 heterocycles. The Balaban J connectivity index is 1.68. The van der Waals surface area contributed by atoms with Gasteiger partial charge >= 0.3 is 13.1 Å². The summed E-state index contributed by atoms with van der Waals surface area (Å²) in [5, 5.41) is 21.2. The lowest BCUT2D eigenvalue weighted by atomic mass is 9.77. The van der Waals surface area contributed by atoms with E-state index in [1.165, 1.54) is 19.1 Å². The normalized spacial score (nSPS) is 19.4. The number of esters is 1. The van der Waals surface area contributed by atoms with Crippen LogP contribution in [0.25, 0.3) is 0 Å². The van der Waals surface area contributed by atoms with Crippen molar-refractivity contribution in [2.75, 3.05) is 0 Å². The third kappa shape index (κ3) is 4.58. The molecule has 0 aromatic heterocycles. The molecule has 1 saturated heterocycles. The third-order valence-corrected chi connectivity index (χ3v) is 4.92. The number of rotatable bonds is 7. The number of halogens is 1. The minimum absolute atomic E-state index is 0.0862. The van der Waals surface area contributed by atoms with Crippen LogP contribution in [-0.4, -0.2) is 29.0 Å². The summed E-state index contributed by atoms with van der Waals surface area (Å²) in [7, 11) is -1.54. The molecule has 0 spiro atoms. The largest absolute Gasteiger partial charge is 0.488 e. The van der Waals surface area contributed by atoms with Gasteiger partial charge in [0.2, 0.25) is 5.91 Å². The molecule has 1 amide bonds. The lowest BCUT2D eigenvalue weighted by Crippen LogP contribution is -2.51. The maximum Gasteiger partial charge on any atom is 0.488 e. The van der Waals surface area contributed by atoms with Crippen molar-refractivity contribution in [3.05, 3.63) is 65.5 Å². The highest BCUT2D eigenvalue weighted by atomic mass is 19.1. The van der Waals surface area contributed by atoms with E-state index < -0.39 is 19.2 Å². The molecule has 2 aromatic rings. The van der Waals surface area contributed by atoms with E-state index in [4.69, 9.17) is 4.74 Å². The first-order chi connectivity index (χ1) is 13.3. The number of carbonyl (C=O) groups excluding carboxylic acids is 2. The predicted molar refractivity (Wildman–Crippen MR) is 101 cm³/mol. The average molecular weight is 385 g/mol. The second-order valence-electron chi connectivity index (χ2n) is 6.86. The first-order valence-electron chi connectivity index (χ1n) is 9.04. The van der Waals surface area contributed by atoms with Crippen LogP contribution >= 0.6 is 0 Å². The van der Waals surface area contributed by atoms with E-state index in [0.29, 0.717) is 23.9 Å². The van der Waals surface area contributed by atoms with E-state index in [1.54, 1.807) is 36.4 Å². The van der Waals surface area contributed by atoms with Crippen LogP contribution in [0.15, 0.2) is 48.5 Å². The zero-order valence-electron chi connectivity index (χ0n) is 15.3. The molecule has 1 fully saturated rings. The van der Waals surface area contributed by atoms with Crippen molar-refractivity contribution in [3.63, 3.8) is 0 Å². The molecule has 1 aliphatic rings. The fourth-order valence-corrected chi connectivity index (χ4v) is 3.41. The molecule has 0 radical (unpaired) electrons. The first kappa shape index (κ1) is 20.0. The topological polar surface area (TPSA) is 95.9 Å². The van der Waals surface area contributed by atoms with Gasteiger partial charge in [-0.05, 0) is 41.6 Å². The number of hydrogen-bond donors (Lipinski definition) is 3. The van der Waals surface area contributed by atoms with Crippen molar-refractivity contribution in [3.8, 4) is 0 Å². The molecule has 1 unspecified atom stereocenters. The molecule has 146 valence electrons. The van der Waals surface area contributed by atoms with Gasteiger partial charge in [0.15, 0.2) is 0 Å². The Morgan fingerprint density at radius 1 is 1.18 bits per heavy atom. The van der Waals surface area contributed by atoms with Crippen LogP contribution in [0.3, 0.4) is 0 Å². The average Bonchev–Trinajstić information content (AvgIpc) is 2.65. The first-order valence-corrected chi connectivity index (χ1v) is 9.04. The van der Waals surface area contributed by atoms with Crippen molar-refractivity contribution in [1.29, 1.82) is 0 Å². The Hall–Kier alpha value is -2.71. The zero-order valence-corrected chi connectivity index (χ0v) is 15.3. The van der Waals surface area contributed by atoms with Crippen LogP contribution in [-0.2, 0) is 14.3 Å². The maximum absolute atomic E-state index is 13.2. The summed E-state index contributed by atoms with van der Waals surface area (Å²) in [5.74, 6) is -1.19. The summed E-state index contributed by atoms with van der Waals surface area (Å²) in [5.41, 5.74) is 1.91. The highest BCUT2D eigenvalue weighted by Crippen LogP contribution is 2.36. The lowest BCUT2D eigenvalue weighted by Gasteiger charge is -2.38. The summed E-state index contributed by atoms with van der Waals surface area (Å²) < 4.78 is 18.5. The van der Waals surface area contributed by atoms with E-state index in [2.05, 4.69) is 5.32 Å². The van der Waals surface area contributed by atoms with Crippen molar-refractivity contribution in [1.82, 2.24) is 5.32 Å². The van der Waals surface area contributed by atoms with Gasteiger partial charge < -0.3 is 20.1 Å². The fraction of sp³-hybridized carbons (Fsp3) is 0.300. The Morgan fingerprint density at radius 3 is 2.36 bits per heavy atom. The van der Waals surface area contributed by atoms with Crippen LogP contribution in [0.4, 0.5) is 4.39 Å². The van der Waals surface area contributed by atoms with E-state index in [9.17, 15) is 24.0 Å². The van der Waals surface area contributed by atoms with E-state index in [1.807, 2.05) is 0 Å². The van der Waals surface area contributed by atoms with Gasteiger partial charge in [-0.25, -0.2) is 4.39 Å². The van der Waals surface area contributed by atoms with E-state index >= 15 is 0 Å². The van der Waals surface area contributed by atoms with Gasteiger partial charge in [-0.15, -0.1) is 0 Å². The van der Waals surface area contributed by atoms with E-state index in [0.717, 1.165) is 5.56 Å². The SMILES string of the molecule is CC(=O)OC(CC[C@H]1C(=O)N[C@@H]1c1ccc(B(O)O)cc1)c1ccc(F)cc1. The quantitative estimate of drug-likeness (QED) is 0.380. The molecule has 3 N–H and O–H groups in total. The van der Waals surface area contributed by atoms with Crippen LogP contribution in [0.1, 0.15) is 43.0 Å². The Morgan fingerprint density at radius 2 is 1.82 bits per heavy atom. The second kappa shape index (κ2) is 8.54. The van der Waals surface area contributed by atoms with Gasteiger partial charge in [0.1, 0.15) is 11.9 Å².